The number of fused-ring (bicyclic) bond motifs is 1. The monoisotopic (exact) mass is 467 g/mol. The first-order chi connectivity index (χ1) is 15.9. The van der Waals surface area contributed by atoms with Gasteiger partial charge in [0.15, 0.2) is 0 Å². The van der Waals surface area contributed by atoms with Gasteiger partial charge in [-0.2, -0.15) is 0 Å². The van der Waals surface area contributed by atoms with Gasteiger partial charge >= 0.3 is 0 Å². The van der Waals surface area contributed by atoms with E-state index in [1.807, 2.05) is 23.6 Å². The number of nitrogens with one attached hydrogen (secondary N) is 1. The molecule has 0 unspecified atom stereocenters. The quantitative estimate of drug-likeness (QED) is 0.579. The second-order valence-corrected chi connectivity index (χ2v) is 9.26. The van der Waals surface area contributed by atoms with Gasteiger partial charge in [-0.3, -0.25) is 14.5 Å². The number of anilines is 1. The highest BCUT2D eigenvalue weighted by molar-refractivity contribution is 6.32. The number of hydrogen-bond donors (Lipinski definition) is 1. The van der Waals surface area contributed by atoms with Crippen LogP contribution in [-0.2, 0) is 11.3 Å². The zero-order valence-corrected chi connectivity index (χ0v) is 19.4. The number of hydrogen-bond acceptors (Lipinski definition) is 4. The lowest BCUT2D eigenvalue weighted by Gasteiger charge is -2.44. The van der Waals surface area contributed by atoms with Gasteiger partial charge in [0.25, 0.3) is 5.91 Å². The number of halogens is 1. The van der Waals surface area contributed by atoms with Gasteiger partial charge in [-0.25, -0.2) is 0 Å². The van der Waals surface area contributed by atoms with Gasteiger partial charge < -0.3 is 19.0 Å². The summed E-state index contributed by atoms with van der Waals surface area (Å²) in [6.45, 7) is 2.08. The molecule has 0 spiro atoms. The molecule has 2 aliphatic rings. The maximum atomic E-state index is 13.8. The van der Waals surface area contributed by atoms with Gasteiger partial charge in [0, 0.05) is 11.7 Å². The molecular formula is C25H26ClN3O4. The minimum atomic E-state index is -1.18. The number of ether oxygens (including phenoxy) is 1. The molecule has 7 nitrogen and oxygen atoms in total. The smallest absolute Gasteiger partial charge is 0.275 e. The Kier molecular flexibility index (Phi) is 5.44. The molecule has 0 saturated heterocycles. The van der Waals surface area contributed by atoms with E-state index in [0.29, 0.717) is 27.9 Å². The first kappa shape index (κ1) is 21.6. The van der Waals surface area contributed by atoms with Gasteiger partial charge in [0.2, 0.25) is 5.91 Å². The molecule has 1 saturated carbocycles. The van der Waals surface area contributed by atoms with Crippen molar-refractivity contribution >= 4 is 29.1 Å². The summed E-state index contributed by atoms with van der Waals surface area (Å²) in [5.74, 6) is 0.697. The van der Waals surface area contributed by atoms with Crippen molar-refractivity contribution in [3.05, 3.63) is 59.4 Å². The minimum Gasteiger partial charge on any atom is -0.495 e. The fourth-order valence-corrected chi connectivity index (χ4v) is 5.21. The van der Waals surface area contributed by atoms with Crippen molar-refractivity contribution in [1.29, 1.82) is 0 Å². The van der Waals surface area contributed by atoms with E-state index in [4.69, 9.17) is 20.8 Å². The number of methoxy groups -OCH3 is 1. The Balaban J connectivity index is 1.61. The molecule has 1 aliphatic carbocycles. The lowest BCUT2D eigenvalue weighted by atomic mass is 9.93. The molecule has 0 bridgehead atoms. The number of furan rings is 1. The highest BCUT2D eigenvalue weighted by atomic mass is 35.5. The minimum absolute atomic E-state index is 0.126. The van der Waals surface area contributed by atoms with E-state index in [9.17, 15) is 9.59 Å². The van der Waals surface area contributed by atoms with E-state index in [0.717, 1.165) is 31.4 Å². The molecule has 2 aromatic heterocycles. The van der Waals surface area contributed by atoms with Crippen LogP contribution in [0.3, 0.4) is 0 Å². The number of nitrogens with zero attached hydrogens (tertiary/aromatic N) is 2. The van der Waals surface area contributed by atoms with Gasteiger partial charge in [-0.1, -0.05) is 24.4 Å². The standard InChI is InChI=1S/C25H26ClN3O4/c1-25(24(31)27-16-6-3-4-7-16)15-28-19(22-8-5-13-33-22)10-11-20(28)23(30)29(25)17-9-12-21(32-2)18(26)14-17/h5,8-14,16H,3-4,6-7,15H2,1-2H3,(H,27,31)/t25-/m0/s1. The molecule has 5 rings (SSSR count). The maximum Gasteiger partial charge on any atom is 0.275 e. The average molecular weight is 468 g/mol. The topological polar surface area (TPSA) is 76.7 Å². The normalized spacial score (nSPS) is 20.7. The van der Waals surface area contributed by atoms with Crippen LogP contribution in [-0.4, -0.2) is 35.1 Å². The van der Waals surface area contributed by atoms with Crippen LogP contribution in [0.15, 0.2) is 53.1 Å². The second-order valence-electron chi connectivity index (χ2n) is 8.86. The first-order valence-electron chi connectivity index (χ1n) is 11.1. The molecule has 1 atom stereocenters. The number of aromatic nitrogens is 1. The Hall–Kier alpha value is -3.19. The first-order valence-corrected chi connectivity index (χ1v) is 11.5. The van der Waals surface area contributed by atoms with Crippen LogP contribution in [0.25, 0.3) is 11.5 Å². The van der Waals surface area contributed by atoms with Crippen molar-refractivity contribution in [3.8, 4) is 17.2 Å². The molecule has 3 aromatic rings. The van der Waals surface area contributed by atoms with Crippen molar-refractivity contribution < 1.29 is 18.7 Å². The van der Waals surface area contributed by atoms with Crippen LogP contribution >= 0.6 is 11.6 Å². The number of carbonyl (C=O) groups is 2. The van der Waals surface area contributed by atoms with E-state index in [2.05, 4.69) is 5.32 Å². The molecule has 0 radical (unpaired) electrons. The summed E-state index contributed by atoms with van der Waals surface area (Å²) in [7, 11) is 1.54. The van der Waals surface area contributed by atoms with Crippen molar-refractivity contribution in [2.45, 2.75) is 50.7 Å². The van der Waals surface area contributed by atoms with E-state index in [1.165, 1.54) is 7.11 Å². The van der Waals surface area contributed by atoms with Crippen LogP contribution in [0.1, 0.15) is 43.1 Å². The molecule has 172 valence electrons. The maximum absolute atomic E-state index is 13.8. The van der Waals surface area contributed by atoms with Crippen LogP contribution < -0.4 is 15.0 Å². The third kappa shape index (κ3) is 3.60. The zero-order valence-electron chi connectivity index (χ0n) is 18.6. The lowest BCUT2D eigenvalue weighted by molar-refractivity contribution is -0.127. The summed E-state index contributed by atoms with van der Waals surface area (Å²) in [4.78, 5) is 29.1. The van der Waals surface area contributed by atoms with E-state index >= 15 is 0 Å². The third-order valence-electron chi connectivity index (χ3n) is 6.71. The Bertz CT molecular complexity index is 1200. The van der Waals surface area contributed by atoms with Crippen LogP contribution in [0.5, 0.6) is 5.75 Å². The largest absolute Gasteiger partial charge is 0.495 e. The summed E-state index contributed by atoms with van der Waals surface area (Å²) < 4.78 is 12.7. The van der Waals surface area contributed by atoms with Gasteiger partial charge in [-0.05, 0) is 62.2 Å². The fraction of sp³-hybridized carbons (Fsp3) is 0.360. The molecule has 2 amide bonds. The van der Waals surface area contributed by atoms with E-state index in [1.54, 1.807) is 41.5 Å². The van der Waals surface area contributed by atoms with Crippen LogP contribution in [0, 0.1) is 0 Å². The summed E-state index contributed by atoms with van der Waals surface area (Å²) >= 11 is 6.40. The Morgan fingerprint density at radius 2 is 1.94 bits per heavy atom. The van der Waals surface area contributed by atoms with Crippen LogP contribution in [0.4, 0.5) is 5.69 Å². The van der Waals surface area contributed by atoms with E-state index in [-0.39, 0.29) is 24.4 Å². The molecule has 1 fully saturated rings. The number of benzene rings is 1. The summed E-state index contributed by atoms with van der Waals surface area (Å²) in [5, 5.41) is 3.57. The predicted molar refractivity (Wildman–Crippen MR) is 126 cm³/mol. The number of carbonyl (C=O) groups excluding carboxylic acids is 2. The van der Waals surface area contributed by atoms with Gasteiger partial charge in [0.05, 0.1) is 30.6 Å². The predicted octanol–water partition coefficient (Wildman–Crippen LogP) is 4.89. The summed E-state index contributed by atoms with van der Waals surface area (Å²) in [5.41, 5.74) is 0.613. The van der Waals surface area contributed by atoms with Gasteiger partial charge in [-0.15, -0.1) is 0 Å². The third-order valence-corrected chi connectivity index (χ3v) is 7.00. The Labute approximate surface area is 197 Å². The molecule has 8 heteroatoms. The molecule has 3 heterocycles. The molecule has 1 N–H and O–H groups in total. The highest BCUT2D eigenvalue weighted by Gasteiger charge is 2.49. The van der Waals surface area contributed by atoms with Crippen molar-refractivity contribution in [2.24, 2.45) is 0 Å². The molecular weight excluding hydrogens is 442 g/mol. The van der Waals surface area contributed by atoms with Gasteiger partial charge in [0.1, 0.15) is 22.7 Å². The molecule has 1 aliphatic heterocycles. The molecule has 1 aromatic carbocycles. The summed E-state index contributed by atoms with van der Waals surface area (Å²) in [6.07, 6.45) is 5.70. The highest BCUT2D eigenvalue weighted by Crippen LogP contribution is 2.39. The Morgan fingerprint density at radius 3 is 2.61 bits per heavy atom. The van der Waals surface area contributed by atoms with Crippen LogP contribution in [0.2, 0.25) is 5.02 Å². The zero-order chi connectivity index (χ0) is 23.2. The second kappa shape index (κ2) is 8.30. The Morgan fingerprint density at radius 1 is 1.18 bits per heavy atom. The molecule has 33 heavy (non-hydrogen) atoms. The fourth-order valence-electron chi connectivity index (χ4n) is 4.96. The number of amides is 2. The lowest BCUT2D eigenvalue weighted by Crippen LogP contribution is -2.65. The number of rotatable bonds is 5. The summed E-state index contributed by atoms with van der Waals surface area (Å²) in [6, 6.07) is 12.5. The average Bonchev–Trinajstić information content (AvgIpc) is 3.55. The van der Waals surface area contributed by atoms with Crippen molar-refractivity contribution in [3.63, 3.8) is 0 Å². The SMILES string of the molecule is COc1ccc(N2C(=O)c3ccc(-c4ccco4)n3C[C@@]2(C)C(=O)NC2CCCC2)cc1Cl. The van der Waals surface area contributed by atoms with E-state index < -0.39 is 5.54 Å². The van der Waals surface area contributed by atoms with Crippen molar-refractivity contribution in [2.75, 3.05) is 12.0 Å². The van der Waals surface area contributed by atoms with Crippen molar-refractivity contribution in [1.82, 2.24) is 9.88 Å².